The number of carbonyl (C=O) groups is 1. The summed E-state index contributed by atoms with van der Waals surface area (Å²) in [4.78, 5) is 11.0. The predicted octanol–water partition coefficient (Wildman–Crippen LogP) is 2.17. The van der Waals surface area contributed by atoms with Crippen molar-refractivity contribution in [3.05, 3.63) is 41.7 Å². The highest BCUT2D eigenvalue weighted by atomic mass is 16.5. The molecule has 2 aliphatic rings. The van der Waals surface area contributed by atoms with E-state index in [1.807, 2.05) is 18.2 Å². The van der Waals surface area contributed by atoms with Gasteiger partial charge in [-0.2, -0.15) is 0 Å². The average molecular weight is 229 g/mol. The fraction of sp³-hybridized carbons (Fsp3) is 0.231. The van der Waals surface area contributed by atoms with Crippen molar-refractivity contribution in [1.29, 1.82) is 5.41 Å². The number of ether oxygens (including phenoxy) is 1. The molecular formula is C13H11NO3. The predicted molar refractivity (Wildman–Crippen MR) is 61.4 cm³/mol. The van der Waals surface area contributed by atoms with Gasteiger partial charge in [-0.1, -0.05) is 18.2 Å². The molecule has 1 aliphatic heterocycles. The third-order valence-corrected chi connectivity index (χ3v) is 3.23. The second kappa shape index (κ2) is 3.45. The normalized spacial score (nSPS) is 28.7. The molecule has 0 bridgehead atoms. The zero-order chi connectivity index (χ0) is 12.0. The maximum Gasteiger partial charge on any atom is 0.371 e. The third-order valence-electron chi connectivity index (χ3n) is 3.23. The van der Waals surface area contributed by atoms with Gasteiger partial charge in [-0.25, -0.2) is 4.79 Å². The van der Waals surface area contributed by atoms with Gasteiger partial charge in [0.2, 0.25) is 5.76 Å². The number of carboxylic acids is 1. The summed E-state index contributed by atoms with van der Waals surface area (Å²) >= 11 is 0. The van der Waals surface area contributed by atoms with Crippen LogP contribution >= 0.6 is 0 Å². The van der Waals surface area contributed by atoms with Crippen molar-refractivity contribution < 1.29 is 14.6 Å². The first kappa shape index (κ1) is 10.1. The van der Waals surface area contributed by atoms with Crippen LogP contribution in [0.1, 0.15) is 17.9 Å². The van der Waals surface area contributed by atoms with E-state index in [1.165, 1.54) is 6.08 Å². The lowest BCUT2D eigenvalue weighted by atomic mass is 10.0. The number of hydrogen-bond acceptors (Lipinski definition) is 3. The van der Waals surface area contributed by atoms with E-state index < -0.39 is 5.97 Å². The van der Waals surface area contributed by atoms with Crippen molar-refractivity contribution in [2.24, 2.45) is 5.92 Å². The fourth-order valence-electron chi connectivity index (χ4n) is 2.26. The minimum Gasteiger partial charge on any atom is -0.475 e. The molecule has 4 nitrogen and oxygen atoms in total. The lowest BCUT2D eigenvalue weighted by Crippen LogP contribution is -2.14. The Kier molecular flexibility index (Phi) is 2.04. The molecule has 0 spiro atoms. The van der Waals surface area contributed by atoms with E-state index in [9.17, 15) is 4.79 Å². The molecule has 1 aliphatic carbocycles. The maximum atomic E-state index is 11.0. The summed E-state index contributed by atoms with van der Waals surface area (Å²) in [6.45, 7) is 0. The molecule has 2 atom stereocenters. The molecule has 0 saturated heterocycles. The third kappa shape index (κ3) is 1.62. The highest BCUT2D eigenvalue weighted by Gasteiger charge is 2.43. The molecule has 1 aromatic rings. The van der Waals surface area contributed by atoms with Crippen molar-refractivity contribution in [2.75, 3.05) is 0 Å². The Hall–Kier alpha value is -2.10. The lowest BCUT2D eigenvalue weighted by Gasteiger charge is -2.14. The van der Waals surface area contributed by atoms with Crippen LogP contribution in [-0.2, 0) is 4.79 Å². The molecule has 0 aromatic heterocycles. The number of aliphatic carboxylic acids is 1. The molecule has 1 aromatic carbocycles. The Morgan fingerprint density at radius 1 is 1.35 bits per heavy atom. The van der Waals surface area contributed by atoms with Crippen LogP contribution in [0.15, 0.2) is 36.1 Å². The Balaban J connectivity index is 2.09. The number of carboxylic acid groups (broad SMARTS) is 1. The monoisotopic (exact) mass is 229 g/mol. The first-order valence-electron chi connectivity index (χ1n) is 5.47. The minimum atomic E-state index is -1.14. The first-order valence-corrected chi connectivity index (χ1v) is 5.47. The van der Waals surface area contributed by atoms with Gasteiger partial charge >= 0.3 is 5.97 Å². The molecular weight excluding hydrogens is 218 g/mol. The van der Waals surface area contributed by atoms with Crippen LogP contribution in [0.2, 0.25) is 0 Å². The Morgan fingerprint density at radius 2 is 2.12 bits per heavy atom. The van der Waals surface area contributed by atoms with Gasteiger partial charge < -0.3 is 15.3 Å². The molecule has 1 heterocycles. The van der Waals surface area contributed by atoms with E-state index in [0.29, 0.717) is 17.4 Å². The summed E-state index contributed by atoms with van der Waals surface area (Å²) in [5.74, 6) is -0.253. The summed E-state index contributed by atoms with van der Waals surface area (Å²) in [6.07, 6.45) is 2.23. The van der Waals surface area contributed by atoms with Crippen LogP contribution in [0.4, 0.5) is 0 Å². The van der Waals surface area contributed by atoms with Gasteiger partial charge in [0.15, 0.2) is 0 Å². The Bertz CT molecular complexity index is 547. The van der Waals surface area contributed by atoms with Crippen LogP contribution in [0.3, 0.4) is 0 Å². The number of nitrogens with one attached hydrogen (secondary N) is 1. The van der Waals surface area contributed by atoms with E-state index in [2.05, 4.69) is 0 Å². The van der Waals surface area contributed by atoms with Gasteiger partial charge in [-0.3, -0.25) is 0 Å². The van der Waals surface area contributed by atoms with Crippen LogP contribution in [-0.4, -0.2) is 16.8 Å². The van der Waals surface area contributed by atoms with E-state index >= 15 is 0 Å². The molecule has 3 rings (SSSR count). The van der Waals surface area contributed by atoms with Gasteiger partial charge in [0, 0.05) is 17.7 Å². The second-order valence-corrected chi connectivity index (χ2v) is 4.36. The van der Waals surface area contributed by atoms with Gasteiger partial charge in [-0.05, 0) is 24.0 Å². The number of fused-ring (bicyclic) bond motifs is 3. The van der Waals surface area contributed by atoms with Crippen molar-refractivity contribution in [3.8, 4) is 5.75 Å². The standard InChI is InChI=1S/C13H11NO3/c14-10-6-12(13(15)16)17-11-4-2-1-3-7(11)8-5-9(8)10/h1-4,6,8-9,14H,5H2,(H,15,16)/b12-6-,14-10?. The van der Waals surface area contributed by atoms with E-state index in [4.69, 9.17) is 15.3 Å². The number of benzene rings is 1. The zero-order valence-electron chi connectivity index (χ0n) is 9.01. The second-order valence-electron chi connectivity index (χ2n) is 4.36. The maximum absolute atomic E-state index is 11.0. The van der Waals surface area contributed by atoms with Crippen molar-refractivity contribution in [1.82, 2.24) is 0 Å². The largest absolute Gasteiger partial charge is 0.475 e. The highest BCUT2D eigenvalue weighted by molar-refractivity contribution is 6.02. The molecule has 2 unspecified atom stereocenters. The number of hydrogen-bond donors (Lipinski definition) is 2. The smallest absolute Gasteiger partial charge is 0.371 e. The van der Waals surface area contributed by atoms with Gasteiger partial charge in [0.1, 0.15) is 5.75 Å². The molecule has 0 amide bonds. The Labute approximate surface area is 98.0 Å². The Morgan fingerprint density at radius 3 is 2.88 bits per heavy atom. The van der Waals surface area contributed by atoms with Crippen LogP contribution in [0.25, 0.3) is 0 Å². The number of rotatable bonds is 1. The number of allylic oxidation sites excluding steroid dienone is 1. The summed E-state index contributed by atoms with van der Waals surface area (Å²) < 4.78 is 5.39. The van der Waals surface area contributed by atoms with Gasteiger partial charge in [-0.15, -0.1) is 0 Å². The van der Waals surface area contributed by atoms with Gasteiger partial charge in [0.05, 0.1) is 0 Å². The summed E-state index contributed by atoms with van der Waals surface area (Å²) in [6, 6.07) is 7.45. The minimum absolute atomic E-state index is 0.148. The quantitative estimate of drug-likeness (QED) is 0.775. The molecule has 2 N–H and O–H groups in total. The average Bonchev–Trinajstić information content (AvgIpc) is 3.06. The van der Waals surface area contributed by atoms with Crippen molar-refractivity contribution >= 4 is 11.7 Å². The van der Waals surface area contributed by atoms with Crippen LogP contribution in [0, 0.1) is 11.3 Å². The van der Waals surface area contributed by atoms with Gasteiger partial charge in [0.25, 0.3) is 0 Å². The van der Waals surface area contributed by atoms with E-state index in [0.717, 1.165) is 12.0 Å². The molecule has 17 heavy (non-hydrogen) atoms. The van der Waals surface area contributed by atoms with Crippen LogP contribution < -0.4 is 4.74 Å². The lowest BCUT2D eigenvalue weighted by molar-refractivity contribution is -0.135. The SMILES string of the molecule is N=C1/C=C(/C(=O)O)Oc2ccccc2C2CC12. The zero-order valence-corrected chi connectivity index (χ0v) is 9.01. The first-order chi connectivity index (χ1) is 8.16. The summed E-state index contributed by atoms with van der Waals surface area (Å²) in [7, 11) is 0. The molecule has 1 saturated carbocycles. The summed E-state index contributed by atoms with van der Waals surface area (Å²) in [5, 5.41) is 16.8. The molecule has 1 fully saturated rings. The number of para-hydroxylation sites is 1. The molecule has 0 radical (unpaired) electrons. The molecule has 4 heteroatoms. The van der Waals surface area contributed by atoms with Crippen molar-refractivity contribution in [2.45, 2.75) is 12.3 Å². The fourth-order valence-corrected chi connectivity index (χ4v) is 2.26. The van der Waals surface area contributed by atoms with E-state index in [-0.39, 0.29) is 11.7 Å². The highest BCUT2D eigenvalue weighted by Crippen LogP contribution is 2.52. The van der Waals surface area contributed by atoms with Crippen molar-refractivity contribution in [3.63, 3.8) is 0 Å². The summed E-state index contributed by atoms with van der Waals surface area (Å²) in [5.41, 5.74) is 1.36. The van der Waals surface area contributed by atoms with E-state index in [1.54, 1.807) is 6.07 Å². The molecule has 86 valence electrons. The van der Waals surface area contributed by atoms with Crippen LogP contribution in [0.5, 0.6) is 5.75 Å². The topological polar surface area (TPSA) is 70.4 Å².